The number of amides is 1. The summed E-state index contributed by atoms with van der Waals surface area (Å²) in [6.07, 6.45) is 0.870. The highest BCUT2D eigenvalue weighted by Crippen LogP contribution is 1.99. The van der Waals surface area contributed by atoms with E-state index in [1.54, 1.807) is 19.1 Å². The number of rotatable bonds is 4. The molecule has 0 spiro atoms. The maximum Gasteiger partial charge on any atom is 0.252 e. The number of aryl methyl sites for hydroxylation is 1. The minimum atomic E-state index is -0.642. The van der Waals surface area contributed by atoms with Gasteiger partial charge in [-0.2, -0.15) is 0 Å². The van der Waals surface area contributed by atoms with E-state index in [1.165, 1.54) is 6.20 Å². The molecular formula is C11H17N3O2. The molecule has 5 heteroatoms. The number of nitrogens with zero attached hydrogens (tertiary/aromatic N) is 1. The van der Waals surface area contributed by atoms with Crippen molar-refractivity contribution < 1.29 is 9.90 Å². The molecule has 0 aromatic carbocycles. The maximum absolute atomic E-state index is 11.6. The Hall–Kier alpha value is -1.46. The first kappa shape index (κ1) is 12.6. The molecule has 2 unspecified atom stereocenters. The molecule has 5 nitrogen and oxygen atoms in total. The molecule has 0 bridgehead atoms. The van der Waals surface area contributed by atoms with Crippen LogP contribution in [0.5, 0.6) is 0 Å². The maximum atomic E-state index is 11.6. The normalized spacial score (nSPS) is 14.2. The summed E-state index contributed by atoms with van der Waals surface area (Å²) in [5.41, 5.74) is 6.93. The molecule has 0 aliphatic carbocycles. The Morgan fingerprint density at radius 2 is 2.31 bits per heavy atom. The summed E-state index contributed by atoms with van der Waals surface area (Å²) in [6.45, 7) is 3.68. The van der Waals surface area contributed by atoms with Crippen LogP contribution >= 0.6 is 0 Å². The van der Waals surface area contributed by atoms with Crippen LogP contribution in [0, 0.1) is 6.92 Å². The molecule has 0 radical (unpaired) electrons. The van der Waals surface area contributed by atoms with Crippen LogP contribution in [0.4, 0.5) is 0 Å². The molecule has 0 aliphatic rings. The van der Waals surface area contributed by atoms with Crippen LogP contribution in [0.1, 0.15) is 23.0 Å². The fourth-order valence-electron chi connectivity index (χ4n) is 1.09. The van der Waals surface area contributed by atoms with Crippen LogP contribution in [0.3, 0.4) is 0 Å². The van der Waals surface area contributed by atoms with Crippen LogP contribution in [0.25, 0.3) is 0 Å². The lowest BCUT2D eigenvalue weighted by Crippen LogP contribution is -2.43. The van der Waals surface area contributed by atoms with E-state index in [2.05, 4.69) is 10.3 Å². The zero-order valence-corrected chi connectivity index (χ0v) is 9.47. The van der Waals surface area contributed by atoms with Gasteiger partial charge in [0.15, 0.2) is 0 Å². The van der Waals surface area contributed by atoms with Gasteiger partial charge in [-0.05, 0) is 26.0 Å². The second-order valence-corrected chi connectivity index (χ2v) is 3.80. The van der Waals surface area contributed by atoms with E-state index in [-0.39, 0.29) is 12.5 Å². The number of nitrogens with two attached hydrogens (primary N) is 1. The van der Waals surface area contributed by atoms with Crippen molar-refractivity contribution in [2.75, 3.05) is 6.54 Å². The fourth-order valence-corrected chi connectivity index (χ4v) is 1.09. The molecule has 0 fully saturated rings. The number of carbonyl (C=O) groups excluding carboxylic acids is 1. The number of nitrogens with one attached hydrogen (secondary N) is 1. The highest BCUT2D eigenvalue weighted by molar-refractivity contribution is 5.93. The second-order valence-electron chi connectivity index (χ2n) is 3.80. The standard InChI is InChI=1S/C11H17N3O2/c1-7-3-4-9(5-13-7)11(16)14-6-10(12)8(2)15/h3-5,8,10,15H,6,12H2,1-2H3,(H,14,16). The van der Waals surface area contributed by atoms with E-state index in [1.807, 2.05) is 6.92 Å². The first-order chi connectivity index (χ1) is 7.50. The second kappa shape index (κ2) is 5.58. The van der Waals surface area contributed by atoms with Gasteiger partial charge in [-0.3, -0.25) is 9.78 Å². The molecule has 1 aromatic heterocycles. The fraction of sp³-hybridized carbons (Fsp3) is 0.455. The van der Waals surface area contributed by atoms with Crippen LogP contribution in [-0.2, 0) is 0 Å². The van der Waals surface area contributed by atoms with Crippen LogP contribution in [0.15, 0.2) is 18.3 Å². The number of aromatic nitrogens is 1. The monoisotopic (exact) mass is 223 g/mol. The highest BCUT2D eigenvalue weighted by atomic mass is 16.3. The number of hydrogen-bond acceptors (Lipinski definition) is 4. The SMILES string of the molecule is Cc1ccc(C(=O)NCC(N)C(C)O)cn1. The first-order valence-electron chi connectivity index (χ1n) is 5.15. The van der Waals surface area contributed by atoms with Crippen molar-refractivity contribution in [3.8, 4) is 0 Å². The van der Waals surface area contributed by atoms with E-state index in [0.717, 1.165) is 5.69 Å². The Labute approximate surface area is 94.7 Å². The lowest BCUT2D eigenvalue weighted by atomic mass is 10.2. The zero-order valence-electron chi connectivity index (χ0n) is 9.47. The predicted molar refractivity (Wildman–Crippen MR) is 61.0 cm³/mol. The molecule has 0 saturated heterocycles. The lowest BCUT2D eigenvalue weighted by Gasteiger charge is -2.15. The average Bonchev–Trinajstić information content (AvgIpc) is 2.26. The van der Waals surface area contributed by atoms with Crippen LogP contribution in [-0.4, -0.2) is 34.7 Å². The van der Waals surface area contributed by atoms with Gasteiger partial charge in [0.2, 0.25) is 0 Å². The number of aliphatic hydroxyl groups excluding tert-OH is 1. The van der Waals surface area contributed by atoms with E-state index in [4.69, 9.17) is 10.8 Å². The number of pyridine rings is 1. The van der Waals surface area contributed by atoms with E-state index in [0.29, 0.717) is 5.56 Å². The van der Waals surface area contributed by atoms with Gasteiger partial charge in [0.1, 0.15) is 0 Å². The van der Waals surface area contributed by atoms with Crippen molar-refractivity contribution in [2.24, 2.45) is 5.73 Å². The van der Waals surface area contributed by atoms with Gasteiger partial charge >= 0.3 is 0 Å². The van der Waals surface area contributed by atoms with Crippen LogP contribution < -0.4 is 11.1 Å². The topological polar surface area (TPSA) is 88.2 Å². The number of aliphatic hydroxyl groups is 1. The summed E-state index contributed by atoms with van der Waals surface area (Å²) < 4.78 is 0. The summed E-state index contributed by atoms with van der Waals surface area (Å²) >= 11 is 0. The molecular weight excluding hydrogens is 206 g/mol. The molecule has 1 heterocycles. The third kappa shape index (κ3) is 3.60. The molecule has 0 saturated carbocycles. The van der Waals surface area contributed by atoms with Gasteiger partial charge in [-0.25, -0.2) is 0 Å². The zero-order chi connectivity index (χ0) is 12.1. The van der Waals surface area contributed by atoms with Gasteiger partial charge in [0.05, 0.1) is 11.7 Å². The Balaban J connectivity index is 2.50. The highest BCUT2D eigenvalue weighted by Gasteiger charge is 2.11. The van der Waals surface area contributed by atoms with Crippen molar-refractivity contribution >= 4 is 5.91 Å². The number of carbonyl (C=O) groups is 1. The Bertz CT molecular complexity index is 349. The third-order valence-electron chi connectivity index (χ3n) is 2.29. The van der Waals surface area contributed by atoms with Crippen molar-refractivity contribution in [3.05, 3.63) is 29.6 Å². The van der Waals surface area contributed by atoms with Gasteiger partial charge in [-0.1, -0.05) is 0 Å². The molecule has 1 aromatic rings. The molecule has 88 valence electrons. The average molecular weight is 223 g/mol. The minimum Gasteiger partial charge on any atom is -0.392 e. The van der Waals surface area contributed by atoms with E-state index >= 15 is 0 Å². The molecule has 4 N–H and O–H groups in total. The summed E-state index contributed by atoms with van der Waals surface area (Å²) in [7, 11) is 0. The van der Waals surface area contributed by atoms with E-state index < -0.39 is 12.1 Å². The largest absolute Gasteiger partial charge is 0.392 e. The quantitative estimate of drug-likeness (QED) is 0.661. The predicted octanol–water partition coefficient (Wildman–Crippen LogP) is -0.172. The van der Waals surface area contributed by atoms with Crippen molar-refractivity contribution in [1.82, 2.24) is 10.3 Å². The lowest BCUT2D eigenvalue weighted by molar-refractivity contribution is 0.0937. The van der Waals surface area contributed by atoms with Crippen LogP contribution in [0.2, 0.25) is 0 Å². The van der Waals surface area contributed by atoms with Gasteiger partial charge in [-0.15, -0.1) is 0 Å². The molecule has 16 heavy (non-hydrogen) atoms. The smallest absolute Gasteiger partial charge is 0.252 e. The third-order valence-corrected chi connectivity index (χ3v) is 2.29. The van der Waals surface area contributed by atoms with E-state index in [9.17, 15) is 4.79 Å². The Morgan fingerprint density at radius 3 is 2.81 bits per heavy atom. The molecule has 0 aliphatic heterocycles. The first-order valence-corrected chi connectivity index (χ1v) is 5.15. The Kier molecular flexibility index (Phi) is 4.39. The molecule has 2 atom stereocenters. The van der Waals surface area contributed by atoms with Crippen molar-refractivity contribution in [3.63, 3.8) is 0 Å². The van der Waals surface area contributed by atoms with Gasteiger partial charge in [0.25, 0.3) is 5.91 Å². The van der Waals surface area contributed by atoms with Crippen molar-refractivity contribution in [2.45, 2.75) is 26.0 Å². The summed E-state index contributed by atoms with van der Waals surface area (Å²) in [4.78, 5) is 15.6. The molecule has 1 rings (SSSR count). The molecule has 1 amide bonds. The summed E-state index contributed by atoms with van der Waals surface area (Å²) in [6, 6.07) is 3.01. The van der Waals surface area contributed by atoms with Gasteiger partial charge in [0, 0.05) is 24.5 Å². The van der Waals surface area contributed by atoms with Crippen molar-refractivity contribution in [1.29, 1.82) is 0 Å². The number of hydrogen-bond donors (Lipinski definition) is 3. The summed E-state index contributed by atoms with van der Waals surface area (Å²) in [5, 5.41) is 11.8. The summed E-state index contributed by atoms with van der Waals surface area (Å²) in [5.74, 6) is -0.233. The van der Waals surface area contributed by atoms with Gasteiger partial charge < -0.3 is 16.2 Å². The Morgan fingerprint density at radius 1 is 1.62 bits per heavy atom. The minimum absolute atomic E-state index is 0.233.